The third-order valence-corrected chi connectivity index (χ3v) is 5.97. The summed E-state index contributed by atoms with van der Waals surface area (Å²) in [4.78, 5) is 0. The molecule has 1 unspecified atom stereocenters. The first-order chi connectivity index (χ1) is 12.3. The second-order valence-electron chi connectivity index (χ2n) is 8.93. The molecule has 1 aromatic heterocycles. The standard InChI is InChI=1S/C24H28N2/c1-15-10-16(2)12-20(11-15)23-17(3)21-13-18(6-7-22(21)25-26-23)19-8-9-24(4,5)14-19/h6-7,10-13,19H,8-9,14H2,1-5H3. The Balaban J connectivity index is 1.81. The van der Waals surface area contributed by atoms with Gasteiger partial charge in [-0.2, -0.15) is 0 Å². The molecule has 1 heterocycles. The topological polar surface area (TPSA) is 25.8 Å². The molecule has 134 valence electrons. The third kappa shape index (κ3) is 3.13. The summed E-state index contributed by atoms with van der Waals surface area (Å²) in [6.45, 7) is 11.2. The van der Waals surface area contributed by atoms with Gasteiger partial charge in [-0.3, -0.25) is 0 Å². The van der Waals surface area contributed by atoms with Crippen LogP contribution in [0.4, 0.5) is 0 Å². The highest BCUT2D eigenvalue weighted by Gasteiger charge is 2.31. The Morgan fingerprint density at radius 2 is 1.65 bits per heavy atom. The summed E-state index contributed by atoms with van der Waals surface area (Å²) < 4.78 is 0. The molecule has 3 aromatic rings. The fourth-order valence-corrected chi connectivity index (χ4v) is 4.61. The number of nitrogens with zero attached hydrogens (tertiary/aromatic N) is 2. The van der Waals surface area contributed by atoms with Crippen molar-refractivity contribution in [1.82, 2.24) is 10.2 Å². The summed E-state index contributed by atoms with van der Waals surface area (Å²) in [6.07, 6.45) is 3.89. The lowest BCUT2D eigenvalue weighted by molar-refractivity contribution is 0.376. The van der Waals surface area contributed by atoms with Crippen LogP contribution in [0, 0.1) is 26.2 Å². The summed E-state index contributed by atoms with van der Waals surface area (Å²) >= 11 is 0. The zero-order valence-electron chi connectivity index (χ0n) is 16.6. The van der Waals surface area contributed by atoms with Gasteiger partial charge in [-0.1, -0.05) is 37.1 Å². The molecule has 1 atom stereocenters. The summed E-state index contributed by atoms with van der Waals surface area (Å²) in [5.74, 6) is 0.673. The molecule has 0 spiro atoms. The van der Waals surface area contributed by atoms with E-state index in [0.717, 1.165) is 11.2 Å². The fraction of sp³-hybridized carbons (Fsp3) is 0.417. The van der Waals surface area contributed by atoms with Gasteiger partial charge in [0, 0.05) is 10.9 Å². The quantitative estimate of drug-likeness (QED) is 0.529. The van der Waals surface area contributed by atoms with E-state index in [-0.39, 0.29) is 0 Å². The summed E-state index contributed by atoms with van der Waals surface area (Å²) in [7, 11) is 0. The molecule has 1 fully saturated rings. The van der Waals surface area contributed by atoms with Crippen molar-refractivity contribution in [3.05, 3.63) is 58.7 Å². The molecule has 2 nitrogen and oxygen atoms in total. The summed E-state index contributed by atoms with van der Waals surface area (Å²) in [6, 6.07) is 13.4. The van der Waals surface area contributed by atoms with Crippen LogP contribution in [0.1, 0.15) is 61.3 Å². The number of fused-ring (bicyclic) bond motifs is 1. The van der Waals surface area contributed by atoms with Crippen LogP contribution in [0.25, 0.3) is 22.2 Å². The second-order valence-corrected chi connectivity index (χ2v) is 8.93. The Hall–Kier alpha value is -2.22. The van der Waals surface area contributed by atoms with Crippen molar-refractivity contribution in [2.75, 3.05) is 0 Å². The monoisotopic (exact) mass is 344 g/mol. The van der Waals surface area contributed by atoms with Gasteiger partial charge in [0.2, 0.25) is 0 Å². The molecule has 0 radical (unpaired) electrons. The number of aromatic nitrogens is 2. The zero-order chi connectivity index (χ0) is 18.5. The van der Waals surface area contributed by atoms with Crippen LogP contribution in [0.2, 0.25) is 0 Å². The predicted octanol–water partition coefficient (Wildman–Crippen LogP) is 6.52. The largest absolute Gasteiger partial charge is 0.150 e. The molecule has 0 amide bonds. The first-order valence-corrected chi connectivity index (χ1v) is 9.68. The van der Waals surface area contributed by atoms with Crippen LogP contribution < -0.4 is 0 Å². The van der Waals surface area contributed by atoms with Crippen LogP contribution in [0.3, 0.4) is 0 Å². The number of rotatable bonds is 2. The van der Waals surface area contributed by atoms with Crippen molar-refractivity contribution < 1.29 is 0 Å². The van der Waals surface area contributed by atoms with E-state index in [1.54, 1.807) is 0 Å². The minimum atomic E-state index is 0.468. The normalized spacial score (nSPS) is 19.2. The Bertz CT molecular complexity index is 965. The molecule has 0 saturated heterocycles. The van der Waals surface area contributed by atoms with Crippen molar-refractivity contribution in [3.63, 3.8) is 0 Å². The predicted molar refractivity (Wildman–Crippen MR) is 110 cm³/mol. The molecule has 2 heteroatoms. The third-order valence-electron chi connectivity index (χ3n) is 5.97. The van der Waals surface area contributed by atoms with Crippen LogP contribution in [0.15, 0.2) is 36.4 Å². The van der Waals surface area contributed by atoms with Crippen LogP contribution in [-0.4, -0.2) is 10.2 Å². The average Bonchev–Trinajstić information content (AvgIpc) is 2.94. The molecule has 4 rings (SSSR count). The molecule has 2 aromatic carbocycles. The first-order valence-electron chi connectivity index (χ1n) is 9.68. The lowest BCUT2D eigenvalue weighted by Crippen LogP contribution is -2.04. The van der Waals surface area contributed by atoms with Gasteiger partial charge in [0.25, 0.3) is 0 Å². The lowest BCUT2D eigenvalue weighted by atomic mass is 9.88. The Kier molecular flexibility index (Phi) is 4.10. The minimum Gasteiger partial charge on any atom is -0.150 e. The van der Waals surface area contributed by atoms with Crippen LogP contribution in [0.5, 0.6) is 0 Å². The highest BCUT2D eigenvalue weighted by Crippen LogP contribution is 2.46. The number of aryl methyl sites for hydroxylation is 3. The maximum absolute atomic E-state index is 4.56. The lowest BCUT2D eigenvalue weighted by Gasteiger charge is -2.18. The van der Waals surface area contributed by atoms with Crippen molar-refractivity contribution in [2.24, 2.45) is 5.41 Å². The van der Waals surface area contributed by atoms with Gasteiger partial charge in [0.15, 0.2) is 0 Å². The van der Waals surface area contributed by atoms with E-state index in [2.05, 4.69) is 81.2 Å². The zero-order valence-corrected chi connectivity index (χ0v) is 16.6. The van der Waals surface area contributed by atoms with Gasteiger partial charge >= 0.3 is 0 Å². The van der Waals surface area contributed by atoms with E-state index in [1.165, 1.54) is 52.5 Å². The fourth-order valence-electron chi connectivity index (χ4n) is 4.61. The van der Waals surface area contributed by atoms with Gasteiger partial charge in [0.05, 0.1) is 11.2 Å². The highest BCUT2D eigenvalue weighted by atomic mass is 15.1. The van der Waals surface area contributed by atoms with Gasteiger partial charge in [-0.05, 0) is 86.8 Å². The average molecular weight is 345 g/mol. The Morgan fingerprint density at radius 3 is 2.31 bits per heavy atom. The van der Waals surface area contributed by atoms with Crippen molar-refractivity contribution in [2.45, 2.75) is 59.8 Å². The maximum Gasteiger partial charge on any atom is 0.0965 e. The molecule has 0 N–H and O–H groups in total. The minimum absolute atomic E-state index is 0.468. The van der Waals surface area contributed by atoms with Crippen LogP contribution >= 0.6 is 0 Å². The van der Waals surface area contributed by atoms with Gasteiger partial charge in [-0.15, -0.1) is 10.2 Å². The van der Waals surface area contributed by atoms with Crippen molar-refractivity contribution in [3.8, 4) is 11.3 Å². The number of benzene rings is 2. The maximum atomic E-state index is 4.56. The van der Waals surface area contributed by atoms with E-state index < -0.39 is 0 Å². The van der Waals surface area contributed by atoms with Crippen LogP contribution in [-0.2, 0) is 0 Å². The SMILES string of the molecule is Cc1cc(C)cc(-c2nnc3ccc(C4CCC(C)(C)C4)cc3c2C)c1. The smallest absolute Gasteiger partial charge is 0.0965 e. The molecule has 0 bridgehead atoms. The molecule has 1 saturated carbocycles. The van der Waals surface area contributed by atoms with Gasteiger partial charge in [-0.25, -0.2) is 0 Å². The van der Waals surface area contributed by atoms with Gasteiger partial charge in [0.1, 0.15) is 0 Å². The molecular weight excluding hydrogens is 316 g/mol. The first kappa shape index (κ1) is 17.2. The molecule has 26 heavy (non-hydrogen) atoms. The molecule has 1 aliphatic carbocycles. The molecule has 1 aliphatic rings. The van der Waals surface area contributed by atoms with Crippen molar-refractivity contribution >= 4 is 10.9 Å². The van der Waals surface area contributed by atoms with Crippen molar-refractivity contribution in [1.29, 1.82) is 0 Å². The van der Waals surface area contributed by atoms with E-state index in [0.29, 0.717) is 11.3 Å². The summed E-state index contributed by atoms with van der Waals surface area (Å²) in [5.41, 5.74) is 8.87. The second kappa shape index (κ2) is 6.19. The number of hydrogen-bond donors (Lipinski definition) is 0. The molecular formula is C24H28N2. The molecule has 0 aliphatic heterocycles. The van der Waals surface area contributed by atoms with E-state index in [4.69, 9.17) is 0 Å². The summed E-state index contributed by atoms with van der Waals surface area (Å²) in [5, 5.41) is 10.3. The van der Waals surface area contributed by atoms with Gasteiger partial charge < -0.3 is 0 Å². The number of hydrogen-bond acceptors (Lipinski definition) is 2. The van der Waals surface area contributed by atoms with E-state index in [1.807, 2.05) is 0 Å². The van der Waals surface area contributed by atoms with E-state index in [9.17, 15) is 0 Å². The van der Waals surface area contributed by atoms with E-state index >= 15 is 0 Å². The Morgan fingerprint density at radius 1 is 0.923 bits per heavy atom. The Labute approximate surface area is 156 Å². The highest BCUT2D eigenvalue weighted by molar-refractivity contribution is 5.87.